The van der Waals surface area contributed by atoms with E-state index in [0.29, 0.717) is 11.6 Å². The second kappa shape index (κ2) is 6.87. The summed E-state index contributed by atoms with van der Waals surface area (Å²) in [6, 6.07) is 13.2. The maximum absolute atomic E-state index is 12.7. The van der Waals surface area contributed by atoms with E-state index in [9.17, 15) is 9.18 Å². The topological polar surface area (TPSA) is 29.1 Å². The van der Waals surface area contributed by atoms with Crippen molar-refractivity contribution in [1.82, 2.24) is 5.32 Å². The largest absolute Gasteiger partial charge is 0.348 e. The van der Waals surface area contributed by atoms with Crippen LogP contribution < -0.4 is 5.32 Å². The second-order valence-electron chi connectivity index (χ2n) is 4.23. The fourth-order valence-electron chi connectivity index (χ4n) is 1.60. The SMILES string of the molecule is O=C(/C=C/c1ccc(F)cc1)NCc1ccc(Cl)cc1. The molecule has 1 N–H and O–H groups in total. The lowest BCUT2D eigenvalue weighted by molar-refractivity contribution is -0.116. The number of rotatable bonds is 4. The molecule has 1 amide bonds. The molecule has 102 valence electrons. The molecule has 0 bridgehead atoms. The van der Waals surface area contributed by atoms with Gasteiger partial charge in [0.2, 0.25) is 5.91 Å². The van der Waals surface area contributed by atoms with E-state index in [1.807, 2.05) is 12.1 Å². The molecule has 0 aliphatic carbocycles. The molecule has 0 unspecified atom stereocenters. The molecule has 0 aromatic heterocycles. The molecule has 20 heavy (non-hydrogen) atoms. The Morgan fingerprint density at radius 3 is 2.40 bits per heavy atom. The van der Waals surface area contributed by atoms with Crippen LogP contribution in [-0.4, -0.2) is 5.91 Å². The second-order valence-corrected chi connectivity index (χ2v) is 4.67. The summed E-state index contributed by atoms with van der Waals surface area (Å²) in [6.45, 7) is 0.434. The van der Waals surface area contributed by atoms with Gasteiger partial charge in [-0.25, -0.2) is 4.39 Å². The van der Waals surface area contributed by atoms with Crippen LogP contribution in [0.3, 0.4) is 0 Å². The lowest BCUT2D eigenvalue weighted by atomic mass is 10.2. The Balaban J connectivity index is 1.86. The summed E-state index contributed by atoms with van der Waals surface area (Å²) in [5.74, 6) is -0.501. The molecule has 2 nitrogen and oxygen atoms in total. The van der Waals surface area contributed by atoms with Gasteiger partial charge >= 0.3 is 0 Å². The van der Waals surface area contributed by atoms with Crippen molar-refractivity contribution in [2.75, 3.05) is 0 Å². The van der Waals surface area contributed by atoms with Crippen molar-refractivity contribution in [2.45, 2.75) is 6.54 Å². The minimum Gasteiger partial charge on any atom is -0.348 e. The number of hydrogen-bond acceptors (Lipinski definition) is 1. The van der Waals surface area contributed by atoms with Crippen LogP contribution >= 0.6 is 11.6 Å². The van der Waals surface area contributed by atoms with Gasteiger partial charge in [0.05, 0.1) is 0 Å². The molecule has 0 saturated heterocycles. The third-order valence-corrected chi connectivity index (χ3v) is 2.93. The maximum Gasteiger partial charge on any atom is 0.244 e. The number of benzene rings is 2. The fourth-order valence-corrected chi connectivity index (χ4v) is 1.72. The van der Waals surface area contributed by atoms with Crippen LogP contribution in [0.1, 0.15) is 11.1 Å². The van der Waals surface area contributed by atoms with Gasteiger partial charge in [0.25, 0.3) is 0 Å². The molecule has 0 radical (unpaired) electrons. The summed E-state index contributed by atoms with van der Waals surface area (Å²) in [7, 11) is 0. The molecule has 0 aliphatic heterocycles. The Kier molecular flexibility index (Phi) is 4.91. The maximum atomic E-state index is 12.7. The van der Waals surface area contributed by atoms with Crippen molar-refractivity contribution < 1.29 is 9.18 Å². The number of amides is 1. The summed E-state index contributed by atoms with van der Waals surface area (Å²) in [5, 5.41) is 3.42. The van der Waals surface area contributed by atoms with E-state index in [1.165, 1.54) is 18.2 Å². The summed E-state index contributed by atoms with van der Waals surface area (Å²) >= 11 is 5.78. The predicted octanol–water partition coefficient (Wildman–Crippen LogP) is 3.81. The van der Waals surface area contributed by atoms with Gasteiger partial charge in [-0.1, -0.05) is 35.9 Å². The summed E-state index contributed by atoms with van der Waals surface area (Å²) in [5.41, 5.74) is 1.74. The van der Waals surface area contributed by atoms with E-state index >= 15 is 0 Å². The molecule has 2 aromatic rings. The fraction of sp³-hybridized carbons (Fsp3) is 0.0625. The minimum absolute atomic E-state index is 0.204. The Hall–Kier alpha value is -2.13. The zero-order valence-electron chi connectivity index (χ0n) is 10.6. The van der Waals surface area contributed by atoms with E-state index in [-0.39, 0.29) is 11.7 Å². The van der Waals surface area contributed by atoms with Gasteiger partial charge in [0.15, 0.2) is 0 Å². The zero-order chi connectivity index (χ0) is 14.4. The zero-order valence-corrected chi connectivity index (χ0v) is 11.4. The number of nitrogens with one attached hydrogen (secondary N) is 1. The van der Waals surface area contributed by atoms with Crippen LogP contribution in [0.15, 0.2) is 54.6 Å². The monoisotopic (exact) mass is 289 g/mol. The molecule has 2 aromatic carbocycles. The van der Waals surface area contributed by atoms with Gasteiger partial charge in [-0.15, -0.1) is 0 Å². The highest BCUT2D eigenvalue weighted by Crippen LogP contribution is 2.09. The van der Waals surface area contributed by atoms with Crippen LogP contribution in [0.4, 0.5) is 4.39 Å². The van der Waals surface area contributed by atoms with Crippen molar-refractivity contribution in [3.63, 3.8) is 0 Å². The molecule has 0 atom stereocenters. The van der Waals surface area contributed by atoms with Gasteiger partial charge in [-0.05, 0) is 41.5 Å². The lowest BCUT2D eigenvalue weighted by Crippen LogP contribution is -2.20. The van der Waals surface area contributed by atoms with E-state index in [2.05, 4.69) is 5.32 Å². The van der Waals surface area contributed by atoms with E-state index in [4.69, 9.17) is 11.6 Å². The highest BCUT2D eigenvalue weighted by Gasteiger charge is 1.97. The van der Waals surface area contributed by atoms with Crippen molar-refractivity contribution in [2.24, 2.45) is 0 Å². The smallest absolute Gasteiger partial charge is 0.244 e. The highest BCUT2D eigenvalue weighted by atomic mass is 35.5. The number of carbonyl (C=O) groups is 1. The molecule has 2 rings (SSSR count). The molecule has 0 heterocycles. The quantitative estimate of drug-likeness (QED) is 0.852. The van der Waals surface area contributed by atoms with E-state index < -0.39 is 0 Å². The van der Waals surface area contributed by atoms with Crippen LogP contribution in [0, 0.1) is 5.82 Å². The Morgan fingerprint density at radius 1 is 1.10 bits per heavy atom. The van der Waals surface area contributed by atoms with Gasteiger partial charge < -0.3 is 5.32 Å². The van der Waals surface area contributed by atoms with Crippen LogP contribution in [0.25, 0.3) is 6.08 Å². The van der Waals surface area contributed by atoms with Crippen molar-refractivity contribution in [3.8, 4) is 0 Å². The Bertz CT molecular complexity index is 605. The molecule has 0 saturated carbocycles. The first-order valence-corrected chi connectivity index (χ1v) is 6.47. The first-order valence-electron chi connectivity index (χ1n) is 6.09. The molecule has 0 spiro atoms. The molecular weight excluding hydrogens is 277 g/mol. The van der Waals surface area contributed by atoms with Crippen LogP contribution in [-0.2, 0) is 11.3 Å². The highest BCUT2D eigenvalue weighted by molar-refractivity contribution is 6.30. The predicted molar refractivity (Wildman–Crippen MR) is 78.7 cm³/mol. The van der Waals surface area contributed by atoms with Gasteiger partial charge in [0.1, 0.15) is 5.82 Å². The molecular formula is C16H13ClFNO. The summed E-state index contributed by atoms with van der Waals surface area (Å²) in [6.07, 6.45) is 3.06. The van der Waals surface area contributed by atoms with Gasteiger partial charge in [0, 0.05) is 17.6 Å². The van der Waals surface area contributed by atoms with Crippen molar-refractivity contribution >= 4 is 23.6 Å². The van der Waals surface area contributed by atoms with E-state index in [1.54, 1.807) is 30.3 Å². The first kappa shape index (κ1) is 14.3. The first-order chi connectivity index (χ1) is 9.63. The molecule has 0 fully saturated rings. The summed E-state index contributed by atoms with van der Waals surface area (Å²) < 4.78 is 12.7. The average Bonchev–Trinajstić information content (AvgIpc) is 2.46. The van der Waals surface area contributed by atoms with Crippen molar-refractivity contribution in [3.05, 3.63) is 76.6 Å². The normalized spacial score (nSPS) is 10.7. The number of halogens is 2. The van der Waals surface area contributed by atoms with Gasteiger partial charge in [-0.2, -0.15) is 0 Å². The summed E-state index contributed by atoms with van der Waals surface area (Å²) in [4.78, 5) is 11.6. The lowest BCUT2D eigenvalue weighted by Gasteiger charge is -2.02. The number of hydrogen-bond donors (Lipinski definition) is 1. The van der Waals surface area contributed by atoms with Crippen LogP contribution in [0.2, 0.25) is 5.02 Å². The molecule has 4 heteroatoms. The average molecular weight is 290 g/mol. The van der Waals surface area contributed by atoms with Crippen LogP contribution in [0.5, 0.6) is 0 Å². The molecule has 0 aliphatic rings. The standard InChI is InChI=1S/C16H13ClFNO/c17-14-6-1-13(2-7-14)11-19-16(20)10-5-12-3-8-15(18)9-4-12/h1-10H,11H2,(H,19,20)/b10-5+. The van der Waals surface area contributed by atoms with Gasteiger partial charge in [-0.3, -0.25) is 4.79 Å². The van der Waals surface area contributed by atoms with E-state index in [0.717, 1.165) is 11.1 Å². The Morgan fingerprint density at radius 2 is 1.75 bits per heavy atom. The Labute approximate surface area is 121 Å². The third-order valence-electron chi connectivity index (χ3n) is 2.68. The number of carbonyl (C=O) groups excluding carboxylic acids is 1. The third kappa shape index (κ3) is 4.52. The minimum atomic E-state index is -0.297. The van der Waals surface area contributed by atoms with Crippen molar-refractivity contribution in [1.29, 1.82) is 0 Å².